The second-order valence-electron chi connectivity index (χ2n) is 3.97. The number of ether oxygens (including phenoxy) is 1. The van der Waals surface area contributed by atoms with E-state index >= 15 is 0 Å². The maximum atomic E-state index is 11.7. The van der Waals surface area contributed by atoms with Crippen molar-refractivity contribution in [2.75, 3.05) is 26.8 Å². The molecule has 1 rings (SSSR count). The minimum atomic E-state index is -0.370. The molecule has 0 aromatic heterocycles. The summed E-state index contributed by atoms with van der Waals surface area (Å²) in [7, 11) is 1.83. The summed E-state index contributed by atoms with van der Waals surface area (Å²) < 4.78 is 5.24. The van der Waals surface area contributed by atoms with Gasteiger partial charge in [0.05, 0.1) is 25.2 Å². The number of aliphatic hydroxyl groups is 1. The first-order valence-corrected chi connectivity index (χ1v) is 5.36. The van der Waals surface area contributed by atoms with Gasteiger partial charge in [-0.15, -0.1) is 0 Å². The smallest absolute Gasteiger partial charge is 0.227 e. The SMILES string of the molecule is CNC1COCC1C(=O)NCCC(C)O. The average molecular weight is 216 g/mol. The Morgan fingerprint density at radius 1 is 1.60 bits per heavy atom. The number of carbonyl (C=O) groups excluding carboxylic acids is 1. The zero-order valence-electron chi connectivity index (χ0n) is 9.32. The van der Waals surface area contributed by atoms with Crippen LogP contribution in [0.4, 0.5) is 0 Å². The van der Waals surface area contributed by atoms with Gasteiger partial charge in [-0.25, -0.2) is 0 Å². The van der Waals surface area contributed by atoms with Crippen LogP contribution in [0.3, 0.4) is 0 Å². The van der Waals surface area contributed by atoms with Gasteiger partial charge in [-0.1, -0.05) is 0 Å². The fourth-order valence-corrected chi connectivity index (χ4v) is 1.63. The van der Waals surface area contributed by atoms with Gasteiger partial charge >= 0.3 is 0 Å². The molecule has 3 unspecified atom stereocenters. The number of amides is 1. The van der Waals surface area contributed by atoms with E-state index in [1.807, 2.05) is 7.05 Å². The molecule has 0 radical (unpaired) electrons. The molecule has 5 nitrogen and oxygen atoms in total. The van der Waals surface area contributed by atoms with Crippen molar-refractivity contribution < 1.29 is 14.6 Å². The Hall–Kier alpha value is -0.650. The quantitative estimate of drug-likeness (QED) is 0.557. The number of rotatable bonds is 5. The van der Waals surface area contributed by atoms with Crippen molar-refractivity contribution in [2.45, 2.75) is 25.5 Å². The Morgan fingerprint density at radius 2 is 2.33 bits per heavy atom. The van der Waals surface area contributed by atoms with Crippen LogP contribution in [-0.4, -0.2) is 50.0 Å². The number of nitrogens with one attached hydrogen (secondary N) is 2. The molecular formula is C10H20N2O3. The molecule has 0 aliphatic carbocycles. The van der Waals surface area contributed by atoms with E-state index in [0.29, 0.717) is 26.2 Å². The van der Waals surface area contributed by atoms with Crippen molar-refractivity contribution in [3.8, 4) is 0 Å². The van der Waals surface area contributed by atoms with Crippen molar-refractivity contribution in [1.82, 2.24) is 10.6 Å². The van der Waals surface area contributed by atoms with Gasteiger partial charge in [0.25, 0.3) is 0 Å². The Bertz CT molecular complexity index is 209. The van der Waals surface area contributed by atoms with E-state index in [0.717, 1.165) is 0 Å². The highest BCUT2D eigenvalue weighted by molar-refractivity contribution is 5.79. The predicted octanol–water partition coefficient (Wildman–Crippen LogP) is -0.892. The van der Waals surface area contributed by atoms with Crippen molar-refractivity contribution in [2.24, 2.45) is 5.92 Å². The first-order chi connectivity index (χ1) is 7.15. The van der Waals surface area contributed by atoms with Gasteiger partial charge in [0.2, 0.25) is 5.91 Å². The topological polar surface area (TPSA) is 70.6 Å². The first-order valence-electron chi connectivity index (χ1n) is 5.36. The van der Waals surface area contributed by atoms with Gasteiger partial charge in [-0.05, 0) is 20.4 Å². The maximum Gasteiger partial charge on any atom is 0.227 e. The van der Waals surface area contributed by atoms with Gasteiger partial charge in [0, 0.05) is 12.6 Å². The minimum Gasteiger partial charge on any atom is -0.393 e. The summed E-state index contributed by atoms with van der Waals surface area (Å²) in [4.78, 5) is 11.7. The van der Waals surface area contributed by atoms with E-state index in [2.05, 4.69) is 10.6 Å². The van der Waals surface area contributed by atoms with Crippen molar-refractivity contribution in [3.63, 3.8) is 0 Å². The molecule has 1 aliphatic heterocycles. The summed E-state index contributed by atoms with van der Waals surface area (Å²) in [6.07, 6.45) is 0.217. The van der Waals surface area contributed by atoms with E-state index in [4.69, 9.17) is 9.84 Å². The number of carbonyl (C=O) groups is 1. The highest BCUT2D eigenvalue weighted by Gasteiger charge is 2.32. The van der Waals surface area contributed by atoms with E-state index in [1.54, 1.807) is 6.92 Å². The third-order valence-corrected chi connectivity index (χ3v) is 2.65. The molecule has 1 amide bonds. The minimum absolute atomic E-state index is 0.00694. The highest BCUT2D eigenvalue weighted by Crippen LogP contribution is 2.13. The summed E-state index contributed by atoms with van der Waals surface area (Å²) in [5.74, 6) is -0.100. The second-order valence-corrected chi connectivity index (χ2v) is 3.97. The highest BCUT2D eigenvalue weighted by atomic mass is 16.5. The fourth-order valence-electron chi connectivity index (χ4n) is 1.63. The van der Waals surface area contributed by atoms with Crippen molar-refractivity contribution >= 4 is 5.91 Å². The Kier molecular flexibility index (Phi) is 5.01. The Balaban J connectivity index is 2.27. The van der Waals surface area contributed by atoms with Crippen molar-refractivity contribution in [1.29, 1.82) is 0 Å². The second kappa shape index (κ2) is 6.05. The fraction of sp³-hybridized carbons (Fsp3) is 0.900. The molecule has 1 fully saturated rings. The van der Waals surface area contributed by atoms with Crippen LogP contribution in [-0.2, 0) is 9.53 Å². The third-order valence-electron chi connectivity index (χ3n) is 2.65. The molecule has 88 valence electrons. The number of hydrogen-bond acceptors (Lipinski definition) is 4. The van der Waals surface area contributed by atoms with Crippen LogP contribution in [0, 0.1) is 5.92 Å². The normalized spacial score (nSPS) is 27.7. The van der Waals surface area contributed by atoms with Gasteiger partial charge in [-0.2, -0.15) is 0 Å². The van der Waals surface area contributed by atoms with Gasteiger partial charge in [0.15, 0.2) is 0 Å². The number of aliphatic hydroxyl groups excluding tert-OH is 1. The number of hydrogen-bond donors (Lipinski definition) is 3. The molecule has 0 bridgehead atoms. The summed E-state index contributed by atoms with van der Waals surface area (Å²) in [5, 5.41) is 14.9. The lowest BCUT2D eigenvalue weighted by Gasteiger charge is -2.16. The summed E-state index contributed by atoms with van der Waals surface area (Å²) in [6, 6.07) is 0.108. The van der Waals surface area contributed by atoms with E-state index in [1.165, 1.54) is 0 Å². The standard InChI is InChI=1S/C10H20N2O3/c1-7(13)3-4-12-10(14)8-5-15-6-9(8)11-2/h7-9,11,13H,3-6H2,1-2H3,(H,12,14). The predicted molar refractivity (Wildman–Crippen MR) is 56.5 cm³/mol. The zero-order valence-corrected chi connectivity index (χ0v) is 9.32. The van der Waals surface area contributed by atoms with Crippen LogP contribution in [0.15, 0.2) is 0 Å². The summed E-state index contributed by atoms with van der Waals surface area (Å²) in [6.45, 7) is 3.29. The van der Waals surface area contributed by atoms with Crippen LogP contribution in [0.1, 0.15) is 13.3 Å². The average Bonchev–Trinajstić information content (AvgIpc) is 2.64. The summed E-state index contributed by atoms with van der Waals surface area (Å²) in [5.41, 5.74) is 0. The Labute approximate surface area is 90.2 Å². The van der Waals surface area contributed by atoms with Crippen LogP contribution < -0.4 is 10.6 Å². The molecule has 15 heavy (non-hydrogen) atoms. The summed E-state index contributed by atoms with van der Waals surface area (Å²) >= 11 is 0. The molecule has 1 saturated heterocycles. The van der Waals surface area contributed by atoms with Crippen LogP contribution in [0.2, 0.25) is 0 Å². The van der Waals surface area contributed by atoms with Gasteiger partial charge in [0.1, 0.15) is 0 Å². The van der Waals surface area contributed by atoms with E-state index in [9.17, 15) is 4.79 Å². The monoisotopic (exact) mass is 216 g/mol. The molecule has 5 heteroatoms. The molecule has 0 aromatic carbocycles. The van der Waals surface area contributed by atoms with Gasteiger partial charge in [-0.3, -0.25) is 4.79 Å². The van der Waals surface area contributed by atoms with Gasteiger partial charge < -0.3 is 20.5 Å². The number of likely N-dealkylation sites (N-methyl/N-ethyl adjacent to an activating group) is 1. The lowest BCUT2D eigenvalue weighted by atomic mass is 10.0. The van der Waals surface area contributed by atoms with E-state index < -0.39 is 0 Å². The zero-order chi connectivity index (χ0) is 11.3. The lowest BCUT2D eigenvalue weighted by Crippen LogP contribution is -2.43. The lowest BCUT2D eigenvalue weighted by molar-refractivity contribution is -0.125. The maximum absolute atomic E-state index is 11.7. The largest absolute Gasteiger partial charge is 0.393 e. The molecule has 1 heterocycles. The molecule has 1 aliphatic rings. The van der Waals surface area contributed by atoms with Crippen LogP contribution >= 0.6 is 0 Å². The third kappa shape index (κ3) is 3.77. The van der Waals surface area contributed by atoms with Crippen LogP contribution in [0.25, 0.3) is 0 Å². The van der Waals surface area contributed by atoms with E-state index in [-0.39, 0.29) is 24.0 Å². The first kappa shape index (κ1) is 12.4. The molecule has 0 aromatic rings. The molecular weight excluding hydrogens is 196 g/mol. The Morgan fingerprint density at radius 3 is 2.93 bits per heavy atom. The molecule has 0 spiro atoms. The molecule has 0 saturated carbocycles. The molecule has 3 N–H and O–H groups in total. The van der Waals surface area contributed by atoms with Crippen LogP contribution in [0.5, 0.6) is 0 Å². The molecule has 3 atom stereocenters. The van der Waals surface area contributed by atoms with Crippen molar-refractivity contribution in [3.05, 3.63) is 0 Å².